The Kier molecular flexibility index (Phi) is 2.54. The van der Waals surface area contributed by atoms with Crippen LogP contribution in [-0.4, -0.2) is 20.3 Å². The number of nitrogens with one attached hydrogen (secondary N) is 1. The lowest BCUT2D eigenvalue weighted by molar-refractivity contribution is 0.189. The molecule has 2 aromatic heterocycles. The van der Waals surface area contributed by atoms with Crippen molar-refractivity contribution >= 4 is 22.9 Å². The third kappa shape index (κ3) is 1.79. The van der Waals surface area contributed by atoms with Gasteiger partial charge in [0.25, 0.3) is 0 Å². The second-order valence-electron chi connectivity index (χ2n) is 2.82. The predicted octanol–water partition coefficient (Wildman–Crippen LogP) is 2.24. The Morgan fingerprint density at radius 2 is 2.36 bits per heavy atom. The first-order valence-electron chi connectivity index (χ1n) is 4.03. The van der Waals surface area contributed by atoms with Gasteiger partial charge in [-0.05, 0) is 19.1 Å². The minimum absolute atomic E-state index is 0.463. The van der Waals surface area contributed by atoms with Crippen molar-refractivity contribution in [2.75, 3.05) is 0 Å². The van der Waals surface area contributed by atoms with E-state index in [2.05, 4.69) is 15.2 Å². The Morgan fingerprint density at radius 1 is 1.57 bits per heavy atom. The van der Waals surface area contributed by atoms with Crippen LogP contribution in [0.25, 0.3) is 10.7 Å². The van der Waals surface area contributed by atoms with Gasteiger partial charge in [-0.2, -0.15) is 5.10 Å². The third-order valence-electron chi connectivity index (χ3n) is 1.69. The molecule has 2 rings (SSSR count). The van der Waals surface area contributed by atoms with Gasteiger partial charge in [0.15, 0.2) is 11.6 Å². The Balaban J connectivity index is 2.33. The quantitative estimate of drug-likeness (QED) is 0.830. The number of aliphatic hydroxyl groups is 1. The van der Waals surface area contributed by atoms with Crippen LogP contribution in [0, 0.1) is 0 Å². The van der Waals surface area contributed by atoms with Gasteiger partial charge < -0.3 is 5.11 Å². The van der Waals surface area contributed by atoms with Crippen LogP contribution in [0.1, 0.15) is 18.9 Å². The van der Waals surface area contributed by atoms with Crippen molar-refractivity contribution in [3.8, 4) is 10.7 Å². The molecule has 0 fully saturated rings. The molecule has 1 unspecified atom stereocenters. The Bertz CT molecular complexity index is 437. The lowest BCUT2D eigenvalue weighted by Crippen LogP contribution is -1.92. The molecule has 74 valence electrons. The smallest absolute Gasteiger partial charge is 0.191 e. The molecule has 0 aliphatic carbocycles. The maximum absolute atomic E-state index is 9.23. The van der Waals surface area contributed by atoms with Crippen LogP contribution in [0.4, 0.5) is 0 Å². The van der Waals surface area contributed by atoms with Crippen molar-refractivity contribution in [3.63, 3.8) is 0 Å². The number of hydrogen-bond acceptors (Lipinski definition) is 4. The van der Waals surface area contributed by atoms with Gasteiger partial charge in [0.2, 0.25) is 0 Å². The zero-order valence-electron chi connectivity index (χ0n) is 7.36. The van der Waals surface area contributed by atoms with E-state index in [4.69, 9.17) is 11.6 Å². The molecule has 0 saturated carbocycles. The summed E-state index contributed by atoms with van der Waals surface area (Å²) in [6.07, 6.45) is -0.633. The van der Waals surface area contributed by atoms with Crippen molar-refractivity contribution in [1.82, 2.24) is 15.2 Å². The zero-order chi connectivity index (χ0) is 10.1. The third-order valence-corrected chi connectivity index (χ3v) is 2.92. The molecule has 0 spiro atoms. The molecular weight excluding hydrogens is 222 g/mol. The standard InChI is InChI=1S/C8H8ClN3OS/c1-4(13)7-10-8(12-11-7)5-2-3-6(9)14-5/h2-4,13H,1H3,(H,10,11,12). The number of hydrogen-bond donors (Lipinski definition) is 2. The van der Waals surface area contributed by atoms with Crippen LogP contribution in [0.3, 0.4) is 0 Å². The number of H-pyrrole nitrogens is 1. The second kappa shape index (κ2) is 3.68. The van der Waals surface area contributed by atoms with E-state index in [0.717, 1.165) is 4.88 Å². The molecule has 14 heavy (non-hydrogen) atoms. The Hall–Kier alpha value is -0.910. The summed E-state index contributed by atoms with van der Waals surface area (Å²) in [5.74, 6) is 1.03. The molecule has 0 bridgehead atoms. The van der Waals surface area contributed by atoms with E-state index in [0.29, 0.717) is 16.0 Å². The summed E-state index contributed by atoms with van der Waals surface area (Å²) in [7, 11) is 0. The highest BCUT2D eigenvalue weighted by molar-refractivity contribution is 7.19. The molecule has 2 heterocycles. The highest BCUT2D eigenvalue weighted by Crippen LogP contribution is 2.28. The number of nitrogens with zero attached hydrogens (tertiary/aromatic N) is 2. The van der Waals surface area contributed by atoms with Gasteiger partial charge in [0.05, 0.1) is 9.21 Å². The van der Waals surface area contributed by atoms with Crippen molar-refractivity contribution in [2.45, 2.75) is 13.0 Å². The van der Waals surface area contributed by atoms with Crippen molar-refractivity contribution in [1.29, 1.82) is 0 Å². The fourth-order valence-electron chi connectivity index (χ4n) is 1.01. The number of aromatic nitrogens is 3. The van der Waals surface area contributed by atoms with E-state index in [1.54, 1.807) is 13.0 Å². The first-order chi connectivity index (χ1) is 6.66. The molecule has 0 aromatic carbocycles. The van der Waals surface area contributed by atoms with E-state index >= 15 is 0 Å². The number of aliphatic hydroxyl groups excluding tert-OH is 1. The molecule has 6 heteroatoms. The molecular formula is C8H8ClN3OS. The van der Waals surface area contributed by atoms with Gasteiger partial charge in [-0.25, -0.2) is 4.98 Å². The summed E-state index contributed by atoms with van der Waals surface area (Å²) in [4.78, 5) is 5.02. The average Bonchev–Trinajstić information content (AvgIpc) is 2.70. The molecule has 0 saturated heterocycles. The van der Waals surface area contributed by atoms with Crippen LogP contribution < -0.4 is 0 Å². The minimum atomic E-state index is -0.633. The van der Waals surface area contributed by atoms with Crippen LogP contribution in [0.2, 0.25) is 4.34 Å². The highest BCUT2D eigenvalue weighted by Gasteiger charge is 2.10. The van der Waals surface area contributed by atoms with Gasteiger partial charge in [-0.1, -0.05) is 11.6 Å². The maximum atomic E-state index is 9.23. The lowest BCUT2D eigenvalue weighted by Gasteiger charge is -1.94. The minimum Gasteiger partial charge on any atom is -0.385 e. The Morgan fingerprint density at radius 3 is 2.86 bits per heavy atom. The number of halogens is 1. The monoisotopic (exact) mass is 229 g/mol. The molecule has 2 aromatic rings. The van der Waals surface area contributed by atoms with Crippen molar-refractivity contribution < 1.29 is 5.11 Å². The fourth-order valence-corrected chi connectivity index (χ4v) is 1.98. The van der Waals surface area contributed by atoms with E-state index in [-0.39, 0.29) is 0 Å². The first kappa shape index (κ1) is 9.64. The fraction of sp³-hybridized carbons (Fsp3) is 0.250. The average molecular weight is 230 g/mol. The summed E-state index contributed by atoms with van der Waals surface area (Å²) < 4.78 is 0.698. The van der Waals surface area contributed by atoms with Crippen LogP contribution >= 0.6 is 22.9 Å². The van der Waals surface area contributed by atoms with Crippen molar-refractivity contribution in [2.24, 2.45) is 0 Å². The molecule has 4 nitrogen and oxygen atoms in total. The van der Waals surface area contributed by atoms with E-state index < -0.39 is 6.10 Å². The van der Waals surface area contributed by atoms with E-state index in [9.17, 15) is 5.11 Å². The summed E-state index contributed by atoms with van der Waals surface area (Å²) in [5, 5.41) is 15.9. The number of thiophene rings is 1. The molecule has 1 atom stereocenters. The predicted molar refractivity (Wildman–Crippen MR) is 55.3 cm³/mol. The normalized spacial score (nSPS) is 13.1. The highest BCUT2D eigenvalue weighted by atomic mass is 35.5. The van der Waals surface area contributed by atoms with E-state index in [1.807, 2.05) is 6.07 Å². The van der Waals surface area contributed by atoms with Gasteiger partial charge in [-0.15, -0.1) is 11.3 Å². The van der Waals surface area contributed by atoms with Crippen LogP contribution in [0.15, 0.2) is 12.1 Å². The summed E-state index contributed by atoms with van der Waals surface area (Å²) >= 11 is 7.19. The summed E-state index contributed by atoms with van der Waals surface area (Å²) in [5.41, 5.74) is 0. The lowest BCUT2D eigenvalue weighted by atomic mass is 10.4. The Labute approximate surface area is 89.6 Å². The number of aromatic amines is 1. The largest absolute Gasteiger partial charge is 0.385 e. The van der Waals surface area contributed by atoms with Crippen LogP contribution in [-0.2, 0) is 0 Å². The topological polar surface area (TPSA) is 61.8 Å². The molecule has 0 aliphatic rings. The number of rotatable bonds is 2. The van der Waals surface area contributed by atoms with Crippen molar-refractivity contribution in [3.05, 3.63) is 22.3 Å². The first-order valence-corrected chi connectivity index (χ1v) is 5.22. The molecule has 0 aliphatic heterocycles. The summed E-state index contributed by atoms with van der Waals surface area (Å²) in [6.45, 7) is 1.63. The van der Waals surface area contributed by atoms with Gasteiger partial charge in [-0.3, -0.25) is 5.10 Å². The van der Waals surface area contributed by atoms with Gasteiger partial charge in [0.1, 0.15) is 6.10 Å². The summed E-state index contributed by atoms with van der Waals surface area (Å²) in [6, 6.07) is 3.64. The molecule has 2 N–H and O–H groups in total. The van der Waals surface area contributed by atoms with Crippen LogP contribution in [0.5, 0.6) is 0 Å². The second-order valence-corrected chi connectivity index (χ2v) is 4.54. The van der Waals surface area contributed by atoms with Gasteiger partial charge in [0, 0.05) is 0 Å². The molecule has 0 amide bonds. The zero-order valence-corrected chi connectivity index (χ0v) is 8.93. The molecule has 0 radical (unpaired) electrons. The SMILES string of the molecule is CC(O)c1nc(-c2ccc(Cl)s2)n[nH]1. The van der Waals surface area contributed by atoms with E-state index in [1.165, 1.54) is 11.3 Å². The maximum Gasteiger partial charge on any atom is 0.191 e. The van der Waals surface area contributed by atoms with Gasteiger partial charge >= 0.3 is 0 Å².